The largest absolute Gasteiger partial charge is 0.471 e. The molecule has 0 heterocycles. The minimum absolute atomic E-state index is 0.0711. The van der Waals surface area contributed by atoms with Crippen LogP contribution in [0.2, 0.25) is 0 Å². The Kier molecular flexibility index (Phi) is 5.31. The Labute approximate surface area is 142 Å². The fourth-order valence-corrected chi connectivity index (χ4v) is 2.00. The van der Waals surface area contributed by atoms with Gasteiger partial charge in [-0.1, -0.05) is 12.1 Å². The SMILES string of the molecule is CN(C)c1ccc(C(=O)Nc2ccccc2NC(=O)C(F)(F)F)cc1. The van der Waals surface area contributed by atoms with E-state index in [0.29, 0.717) is 5.56 Å². The van der Waals surface area contributed by atoms with Gasteiger partial charge in [0, 0.05) is 25.3 Å². The minimum atomic E-state index is -5.01. The van der Waals surface area contributed by atoms with Crippen molar-refractivity contribution in [3.8, 4) is 0 Å². The normalized spacial score (nSPS) is 10.9. The lowest BCUT2D eigenvalue weighted by Gasteiger charge is -2.14. The van der Waals surface area contributed by atoms with Gasteiger partial charge >= 0.3 is 12.1 Å². The van der Waals surface area contributed by atoms with E-state index in [1.165, 1.54) is 24.3 Å². The molecule has 132 valence electrons. The Morgan fingerprint density at radius 2 is 1.40 bits per heavy atom. The molecule has 0 aromatic heterocycles. The lowest BCUT2D eigenvalue weighted by molar-refractivity contribution is -0.167. The van der Waals surface area contributed by atoms with Crippen molar-refractivity contribution in [3.63, 3.8) is 0 Å². The fourth-order valence-electron chi connectivity index (χ4n) is 2.00. The number of hydrogen-bond acceptors (Lipinski definition) is 3. The maximum Gasteiger partial charge on any atom is 0.471 e. The van der Waals surface area contributed by atoms with Crippen molar-refractivity contribution >= 4 is 28.9 Å². The number of carbonyl (C=O) groups is 2. The van der Waals surface area contributed by atoms with Gasteiger partial charge < -0.3 is 15.5 Å². The molecule has 0 saturated carbocycles. The van der Waals surface area contributed by atoms with Crippen LogP contribution in [0.1, 0.15) is 10.4 Å². The van der Waals surface area contributed by atoms with Crippen molar-refractivity contribution < 1.29 is 22.8 Å². The van der Waals surface area contributed by atoms with E-state index >= 15 is 0 Å². The zero-order chi connectivity index (χ0) is 18.6. The molecule has 0 radical (unpaired) electrons. The lowest BCUT2D eigenvalue weighted by atomic mass is 10.1. The van der Waals surface area contributed by atoms with Crippen LogP contribution in [-0.4, -0.2) is 32.1 Å². The van der Waals surface area contributed by atoms with E-state index in [4.69, 9.17) is 0 Å². The molecule has 2 N–H and O–H groups in total. The molecule has 2 rings (SSSR count). The molecule has 0 bridgehead atoms. The van der Waals surface area contributed by atoms with Gasteiger partial charge in [0.2, 0.25) is 0 Å². The minimum Gasteiger partial charge on any atom is -0.378 e. The van der Waals surface area contributed by atoms with Gasteiger partial charge in [0.1, 0.15) is 0 Å². The lowest BCUT2D eigenvalue weighted by Crippen LogP contribution is -2.30. The van der Waals surface area contributed by atoms with Crippen LogP contribution < -0.4 is 15.5 Å². The number of nitrogens with one attached hydrogen (secondary N) is 2. The number of hydrogen-bond donors (Lipinski definition) is 2. The van der Waals surface area contributed by atoms with Crippen LogP contribution in [0, 0.1) is 0 Å². The number of nitrogens with zero attached hydrogens (tertiary/aromatic N) is 1. The number of carbonyl (C=O) groups excluding carboxylic acids is 2. The summed E-state index contributed by atoms with van der Waals surface area (Å²) in [5.41, 5.74) is 1.17. The predicted molar refractivity (Wildman–Crippen MR) is 89.8 cm³/mol. The second kappa shape index (κ2) is 7.25. The van der Waals surface area contributed by atoms with Gasteiger partial charge in [-0.2, -0.15) is 13.2 Å². The van der Waals surface area contributed by atoms with Gasteiger partial charge in [0.05, 0.1) is 11.4 Å². The standard InChI is InChI=1S/C17H16F3N3O2/c1-23(2)12-9-7-11(8-10-12)15(24)21-13-5-3-4-6-14(13)22-16(25)17(18,19)20/h3-10H,1-2H3,(H,21,24)(H,22,25). The van der Waals surface area contributed by atoms with Gasteiger partial charge in [-0.05, 0) is 36.4 Å². The second-order valence-corrected chi connectivity index (χ2v) is 5.39. The van der Waals surface area contributed by atoms with Crippen LogP contribution in [0.15, 0.2) is 48.5 Å². The first-order valence-electron chi connectivity index (χ1n) is 7.24. The first-order valence-corrected chi connectivity index (χ1v) is 7.24. The Morgan fingerprint density at radius 1 is 0.880 bits per heavy atom. The molecule has 25 heavy (non-hydrogen) atoms. The highest BCUT2D eigenvalue weighted by atomic mass is 19.4. The molecule has 0 aliphatic rings. The molecule has 8 heteroatoms. The highest BCUT2D eigenvalue weighted by Crippen LogP contribution is 2.25. The third-order valence-corrected chi connectivity index (χ3v) is 3.33. The summed E-state index contributed by atoms with van der Waals surface area (Å²) in [5, 5.41) is 4.24. The summed E-state index contributed by atoms with van der Waals surface area (Å²) in [6.45, 7) is 0. The molecular formula is C17H16F3N3O2. The predicted octanol–water partition coefficient (Wildman–Crippen LogP) is 3.51. The summed E-state index contributed by atoms with van der Waals surface area (Å²) in [6.07, 6.45) is -5.01. The molecular weight excluding hydrogens is 335 g/mol. The summed E-state index contributed by atoms with van der Waals surface area (Å²) in [7, 11) is 3.71. The van der Waals surface area contributed by atoms with E-state index in [9.17, 15) is 22.8 Å². The molecule has 0 atom stereocenters. The maximum atomic E-state index is 12.4. The van der Waals surface area contributed by atoms with Crippen LogP contribution in [0.5, 0.6) is 0 Å². The zero-order valence-electron chi connectivity index (χ0n) is 13.5. The fraction of sp³-hybridized carbons (Fsp3) is 0.176. The van der Waals surface area contributed by atoms with Crippen molar-refractivity contribution in [3.05, 3.63) is 54.1 Å². The molecule has 0 aliphatic carbocycles. The Hall–Kier alpha value is -3.03. The Balaban J connectivity index is 2.17. The molecule has 0 unspecified atom stereocenters. The van der Waals surface area contributed by atoms with Gasteiger partial charge in [-0.3, -0.25) is 9.59 Å². The van der Waals surface area contributed by atoms with Crippen molar-refractivity contribution in [2.24, 2.45) is 0 Å². The highest BCUT2D eigenvalue weighted by Gasteiger charge is 2.39. The molecule has 0 spiro atoms. The van der Waals surface area contributed by atoms with E-state index in [1.807, 2.05) is 19.0 Å². The van der Waals surface area contributed by atoms with E-state index < -0.39 is 18.0 Å². The summed E-state index contributed by atoms with van der Waals surface area (Å²) in [6, 6.07) is 12.3. The quantitative estimate of drug-likeness (QED) is 0.886. The van der Waals surface area contributed by atoms with Crippen molar-refractivity contribution in [1.82, 2.24) is 0 Å². The Bertz CT molecular complexity index is 771. The van der Waals surface area contributed by atoms with Gasteiger partial charge in [-0.25, -0.2) is 0 Å². The number of anilines is 3. The van der Waals surface area contributed by atoms with E-state index in [1.54, 1.807) is 29.6 Å². The van der Waals surface area contributed by atoms with Crippen molar-refractivity contribution in [2.75, 3.05) is 29.6 Å². The first kappa shape index (κ1) is 18.3. The van der Waals surface area contributed by atoms with E-state index in [-0.39, 0.29) is 11.4 Å². The first-order chi connectivity index (χ1) is 11.7. The number of benzene rings is 2. The van der Waals surface area contributed by atoms with Crippen molar-refractivity contribution in [1.29, 1.82) is 0 Å². The van der Waals surface area contributed by atoms with Gasteiger partial charge in [-0.15, -0.1) is 0 Å². The molecule has 5 nitrogen and oxygen atoms in total. The van der Waals surface area contributed by atoms with Gasteiger partial charge in [0.15, 0.2) is 0 Å². The monoisotopic (exact) mass is 351 g/mol. The third kappa shape index (κ3) is 4.72. The topological polar surface area (TPSA) is 61.4 Å². The van der Waals surface area contributed by atoms with Gasteiger partial charge in [0.25, 0.3) is 5.91 Å². The summed E-state index contributed by atoms with van der Waals surface area (Å²) in [5.74, 6) is -2.61. The van der Waals surface area contributed by atoms with Crippen LogP contribution >= 0.6 is 0 Å². The number of para-hydroxylation sites is 2. The molecule has 0 saturated heterocycles. The number of rotatable bonds is 4. The van der Waals surface area contributed by atoms with Crippen molar-refractivity contribution in [2.45, 2.75) is 6.18 Å². The molecule has 0 aliphatic heterocycles. The highest BCUT2D eigenvalue weighted by molar-refractivity contribution is 6.07. The molecule has 2 aromatic carbocycles. The smallest absolute Gasteiger partial charge is 0.378 e. The summed E-state index contributed by atoms with van der Waals surface area (Å²) in [4.78, 5) is 25.2. The third-order valence-electron chi connectivity index (χ3n) is 3.33. The Morgan fingerprint density at radius 3 is 1.88 bits per heavy atom. The van der Waals surface area contributed by atoms with Crippen LogP contribution in [0.25, 0.3) is 0 Å². The van der Waals surface area contributed by atoms with Crippen LogP contribution in [0.4, 0.5) is 30.2 Å². The average molecular weight is 351 g/mol. The zero-order valence-corrected chi connectivity index (χ0v) is 13.5. The summed E-state index contributed by atoms with van der Waals surface area (Å²) < 4.78 is 37.2. The van der Waals surface area contributed by atoms with E-state index in [0.717, 1.165) is 5.69 Å². The van der Waals surface area contributed by atoms with Crippen LogP contribution in [-0.2, 0) is 4.79 Å². The van der Waals surface area contributed by atoms with E-state index in [2.05, 4.69) is 5.32 Å². The molecule has 2 aromatic rings. The average Bonchev–Trinajstić information content (AvgIpc) is 2.55. The number of amides is 2. The maximum absolute atomic E-state index is 12.4. The second-order valence-electron chi connectivity index (χ2n) is 5.39. The number of alkyl halides is 3. The number of halogens is 3. The van der Waals surface area contributed by atoms with Crippen LogP contribution in [0.3, 0.4) is 0 Å². The summed E-state index contributed by atoms with van der Waals surface area (Å²) >= 11 is 0. The molecule has 2 amide bonds. The molecule has 0 fully saturated rings.